The van der Waals surface area contributed by atoms with Gasteiger partial charge in [0.15, 0.2) is 0 Å². The normalized spacial score (nSPS) is 10.8. The van der Waals surface area contributed by atoms with Gasteiger partial charge in [0.2, 0.25) is 0 Å². The van der Waals surface area contributed by atoms with Crippen molar-refractivity contribution in [3.8, 4) is 0 Å². The van der Waals surface area contributed by atoms with Gasteiger partial charge >= 0.3 is 0 Å². The topological polar surface area (TPSA) is 73.4 Å². The van der Waals surface area contributed by atoms with Crippen molar-refractivity contribution in [2.75, 3.05) is 24.4 Å². The SMILES string of the molecule is CN(C)c1ccc(/C=N\Nc2cn[nH]c(=O)c2Br)cc1. The molecule has 104 valence electrons. The van der Waals surface area contributed by atoms with E-state index in [1.807, 2.05) is 43.3 Å². The molecule has 0 aliphatic rings. The fraction of sp³-hybridized carbons (Fsp3) is 0.154. The van der Waals surface area contributed by atoms with E-state index in [-0.39, 0.29) is 5.56 Å². The van der Waals surface area contributed by atoms with Crippen molar-refractivity contribution in [1.82, 2.24) is 10.2 Å². The van der Waals surface area contributed by atoms with E-state index in [9.17, 15) is 4.79 Å². The van der Waals surface area contributed by atoms with Crippen LogP contribution in [0.15, 0.2) is 44.8 Å². The Bertz CT molecular complexity index is 663. The first-order valence-electron chi connectivity index (χ1n) is 5.87. The van der Waals surface area contributed by atoms with Crippen molar-refractivity contribution in [1.29, 1.82) is 0 Å². The molecule has 0 saturated heterocycles. The van der Waals surface area contributed by atoms with Gasteiger partial charge in [-0.25, -0.2) is 5.10 Å². The molecular formula is C13H14BrN5O. The molecule has 0 fully saturated rings. The summed E-state index contributed by atoms with van der Waals surface area (Å²) in [5.41, 5.74) is 5.05. The molecule has 0 atom stereocenters. The molecule has 2 aromatic rings. The third-order valence-electron chi connectivity index (χ3n) is 2.60. The molecule has 0 amide bonds. The lowest BCUT2D eigenvalue weighted by Gasteiger charge is -2.11. The van der Waals surface area contributed by atoms with Crippen LogP contribution in [0.25, 0.3) is 0 Å². The zero-order chi connectivity index (χ0) is 14.5. The Balaban J connectivity index is 2.06. The van der Waals surface area contributed by atoms with Crippen LogP contribution < -0.4 is 15.9 Å². The predicted molar refractivity (Wildman–Crippen MR) is 84.5 cm³/mol. The first-order valence-corrected chi connectivity index (χ1v) is 6.67. The molecule has 0 aliphatic carbocycles. The smallest absolute Gasteiger partial charge is 0.280 e. The van der Waals surface area contributed by atoms with E-state index in [4.69, 9.17) is 0 Å². The van der Waals surface area contributed by atoms with Gasteiger partial charge in [0.25, 0.3) is 5.56 Å². The Hall–Kier alpha value is -2.15. The molecule has 1 heterocycles. The van der Waals surface area contributed by atoms with Gasteiger partial charge in [-0.1, -0.05) is 12.1 Å². The molecule has 1 aromatic carbocycles. The van der Waals surface area contributed by atoms with Gasteiger partial charge in [-0.3, -0.25) is 10.2 Å². The van der Waals surface area contributed by atoms with E-state index >= 15 is 0 Å². The Labute approximate surface area is 124 Å². The number of aromatic amines is 1. The standard InChI is InChI=1S/C13H14BrN5O/c1-19(2)10-5-3-9(4-6-10)7-15-17-11-8-16-18-13(20)12(11)14/h3-8H,1-2H3,(H2,17,18,20)/b15-7-. The van der Waals surface area contributed by atoms with E-state index < -0.39 is 0 Å². The maximum absolute atomic E-state index is 11.3. The Morgan fingerprint density at radius 3 is 2.70 bits per heavy atom. The lowest BCUT2D eigenvalue weighted by Crippen LogP contribution is -2.10. The minimum Gasteiger partial charge on any atom is -0.378 e. The highest BCUT2D eigenvalue weighted by Gasteiger charge is 2.02. The summed E-state index contributed by atoms with van der Waals surface area (Å²) < 4.78 is 0.368. The fourth-order valence-electron chi connectivity index (χ4n) is 1.50. The molecule has 20 heavy (non-hydrogen) atoms. The largest absolute Gasteiger partial charge is 0.378 e. The zero-order valence-corrected chi connectivity index (χ0v) is 12.7. The third kappa shape index (κ3) is 3.45. The number of nitrogens with zero attached hydrogens (tertiary/aromatic N) is 3. The number of hydrazone groups is 1. The average molecular weight is 336 g/mol. The van der Waals surface area contributed by atoms with Crippen molar-refractivity contribution in [3.05, 3.63) is 50.9 Å². The second-order valence-corrected chi connectivity index (χ2v) is 5.08. The van der Waals surface area contributed by atoms with Crippen molar-refractivity contribution in [2.45, 2.75) is 0 Å². The average Bonchev–Trinajstić information content (AvgIpc) is 2.44. The highest BCUT2D eigenvalue weighted by atomic mass is 79.9. The third-order valence-corrected chi connectivity index (χ3v) is 3.39. The summed E-state index contributed by atoms with van der Waals surface area (Å²) in [4.78, 5) is 13.3. The van der Waals surface area contributed by atoms with Crippen LogP contribution in [0.1, 0.15) is 5.56 Å². The summed E-state index contributed by atoms with van der Waals surface area (Å²) in [6.45, 7) is 0. The van der Waals surface area contributed by atoms with Crippen LogP contribution in [-0.2, 0) is 0 Å². The Morgan fingerprint density at radius 1 is 1.35 bits per heavy atom. The van der Waals surface area contributed by atoms with Gasteiger partial charge in [-0.05, 0) is 33.6 Å². The minimum absolute atomic E-state index is 0.305. The molecule has 0 bridgehead atoms. The lowest BCUT2D eigenvalue weighted by atomic mass is 10.2. The number of hydrogen-bond donors (Lipinski definition) is 2. The summed E-state index contributed by atoms with van der Waals surface area (Å²) >= 11 is 3.17. The van der Waals surface area contributed by atoms with Crippen LogP contribution in [0.4, 0.5) is 11.4 Å². The van der Waals surface area contributed by atoms with Crippen LogP contribution in [-0.4, -0.2) is 30.5 Å². The number of nitrogens with one attached hydrogen (secondary N) is 2. The Morgan fingerprint density at radius 2 is 2.05 bits per heavy atom. The molecule has 1 aromatic heterocycles. The molecule has 0 unspecified atom stereocenters. The van der Waals surface area contributed by atoms with Crippen LogP contribution in [0.2, 0.25) is 0 Å². The van der Waals surface area contributed by atoms with Gasteiger partial charge in [0.1, 0.15) is 4.47 Å². The van der Waals surface area contributed by atoms with E-state index in [1.165, 1.54) is 6.20 Å². The van der Waals surface area contributed by atoms with Crippen LogP contribution in [0.3, 0.4) is 0 Å². The molecule has 0 aliphatic heterocycles. The summed E-state index contributed by atoms with van der Waals surface area (Å²) in [6, 6.07) is 7.94. The van der Waals surface area contributed by atoms with E-state index in [0.717, 1.165) is 11.3 Å². The maximum Gasteiger partial charge on any atom is 0.280 e. The van der Waals surface area contributed by atoms with E-state index in [0.29, 0.717) is 10.2 Å². The van der Waals surface area contributed by atoms with Crippen molar-refractivity contribution in [2.24, 2.45) is 5.10 Å². The highest BCUT2D eigenvalue weighted by molar-refractivity contribution is 9.10. The Kier molecular flexibility index (Phi) is 4.52. The summed E-state index contributed by atoms with van der Waals surface area (Å²) in [7, 11) is 3.98. The van der Waals surface area contributed by atoms with Gasteiger partial charge in [0.05, 0.1) is 18.1 Å². The van der Waals surface area contributed by atoms with Crippen LogP contribution >= 0.6 is 15.9 Å². The zero-order valence-electron chi connectivity index (χ0n) is 11.1. The number of rotatable bonds is 4. The number of H-pyrrole nitrogens is 1. The summed E-state index contributed by atoms with van der Waals surface area (Å²) in [6.07, 6.45) is 3.16. The lowest BCUT2D eigenvalue weighted by molar-refractivity contribution is 0.977. The first kappa shape index (κ1) is 14.3. The van der Waals surface area contributed by atoms with Gasteiger partial charge in [-0.2, -0.15) is 10.2 Å². The first-order chi connectivity index (χ1) is 9.58. The summed E-state index contributed by atoms with van der Waals surface area (Å²) in [5, 5.41) is 10.1. The quantitative estimate of drug-likeness (QED) is 0.662. The molecule has 7 heteroatoms. The van der Waals surface area contributed by atoms with Crippen LogP contribution in [0.5, 0.6) is 0 Å². The molecular weight excluding hydrogens is 322 g/mol. The number of anilines is 2. The van der Waals surface area contributed by atoms with Crippen LogP contribution in [0, 0.1) is 0 Å². The molecule has 0 radical (unpaired) electrons. The van der Waals surface area contributed by atoms with Crippen molar-refractivity contribution < 1.29 is 0 Å². The fourth-order valence-corrected chi connectivity index (χ4v) is 1.78. The molecule has 0 spiro atoms. The second-order valence-electron chi connectivity index (χ2n) is 4.28. The van der Waals surface area contributed by atoms with Crippen molar-refractivity contribution >= 4 is 33.5 Å². The van der Waals surface area contributed by atoms with Gasteiger partial charge in [-0.15, -0.1) is 0 Å². The maximum atomic E-state index is 11.3. The monoisotopic (exact) mass is 335 g/mol. The molecule has 0 saturated carbocycles. The molecule has 6 nitrogen and oxygen atoms in total. The second kappa shape index (κ2) is 6.33. The molecule has 2 N–H and O–H groups in total. The number of halogens is 1. The minimum atomic E-state index is -0.305. The summed E-state index contributed by atoms with van der Waals surface area (Å²) in [5.74, 6) is 0. The van der Waals surface area contributed by atoms with E-state index in [1.54, 1.807) is 6.21 Å². The van der Waals surface area contributed by atoms with Gasteiger partial charge < -0.3 is 4.90 Å². The molecule has 2 rings (SSSR count). The van der Waals surface area contributed by atoms with Crippen molar-refractivity contribution in [3.63, 3.8) is 0 Å². The number of benzene rings is 1. The highest BCUT2D eigenvalue weighted by Crippen LogP contribution is 2.15. The predicted octanol–water partition coefficient (Wildman–Crippen LogP) is 2.04. The van der Waals surface area contributed by atoms with Gasteiger partial charge in [0, 0.05) is 19.8 Å². The van der Waals surface area contributed by atoms with E-state index in [2.05, 4.69) is 36.7 Å². The number of hydrogen-bond acceptors (Lipinski definition) is 5. The number of aromatic nitrogens is 2.